The Morgan fingerprint density at radius 1 is 1.47 bits per heavy atom. The Morgan fingerprint density at radius 2 is 2.20 bits per heavy atom. The van der Waals surface area contributed by atoms with E-state index in [1.165, 1.54) is 0 Å². The number of carboxylic acid groups (broad SMARTS) is 1. The molecule has 1 aliphatic heterocycles. The minimum atomic E-state index is -1.30. The first-order valence-corrected chi connectivity index (χ1v) is 4.48. The van der Waals surface area contributed by atoms with E-state index in [4.69, 9.17) is 19.7 Å². The summed E-state index contributed by atoms with van der Waals surface area (Å²) in [7, 11) is 0. The van der Waals surface area contributed by atoms with E-state index in [1.54, 1.807) is 0 Å². The number of aliphatic hydroxyl groups is 1. The van der Waals surface area contributed by atoms with Crippen LogP contribution in [0, 0.1) is 0 Å². The van der Waals surface area contributed by atoms with Crippen LogP contribution in [0.4, 0.5) is 0 Å². The molecule has 0 bridgehead atoms. The molecule has 1 unspecified atom stereocenters. The summed E-state index contributed by atoms with van der Waals surface area (Å²) in [6, 6.07) is -1.30. The van der Waals surface area contributed by atoms with Crippen LogP contribution in [0.1, 0.15) is 0 Å². The van der Waals surface area contributed by atoms with Gasteiger partial charge in [-0.15, -0.1) is 0 Å². The molecule has 7 heteroatoms. The maximum atomic E-state index is 11.4. The molecule has 0 saturated carbocycles. The van der Waals surface area contributed by atoms with E-state index in [0.29, 0.717) is 13.2 Å². The minimum absolute atomic E-state index is 0.101. The molecule has 2 atom stereocenters. The molecule has 0 aromatic rings. The van der Waals surface area contributed by atoms with Crippen molar-refractivity contribution in [1.29, 1.82) is 0 Å². The van der Waals surface area contributed by atoms with E-state index >= 15 is 0 Å². The van der Waals surface area contributed by atoms with Gasteiger partial charge in [-0.3, -0.25) is 4.79 Å². The first-order valence-electron chi connectivity index (χ1n) is 4.48. The quantitative estimate of drug-likeness (QED) is 0.503. The van der Waals surface area contributed by atoms with Crippen molar-refractivity contribution in [1.82, 2.24) is 5.32 Å². The molecular weight excluding hydrogens is 206 g/mol. The Balaban J connectivity index is 2.42. The number of carboxylic acids is 1. The number of nitrogens with one attached hydrogen (secondary N) is 1. The number of ether oxygens (including phenoxy) is 2. The number of aliphatic carboxylic acids is 1. The normalized spacial score (nSPS) is 23.1. The Hall–Kier alpha value is -1.18. The molecule has 7 nitrogen and oxygen atoms in total. The fourth-order valence-corrected chi connectivity index (χ4v) is 1.09. The molecule has 86 valence electrons. The molecule has 3 N–H and O–H groups in total. The molecule has 1 aliphatic rings. The molecule has 1 amide bonds. The van der Waals surface area contributed by atoms with Crippen LogP contribution in [0.25, 0.3) is 0 Å². The van der Waals surface area contributed by atoms with Gasteiger partial charge in [0, 0.05) is 0 Å². The van der Waals surface area contributed by atoms with Gasteiger partial charge < -0.3 is 25.0 Å². The predicted molar refractivity (Wildman–Crippen MR) is 47.2 cm³/mol. The first kappa shape index (κ1) is 11.9. The van der Waals surface area contributed by atoms with Gasteiger partial charge in [-0.25, -0.2) is 4.79 Å². The highest BCUT2D eigenvalue weighted by atomic mass is 16.6. The van der Waals surface area contributed by atoms with Gasteiger partial charge in [0.15, 0.2) is 6.10 Å². The van der Waals surface area contributed by atoms with E-state index in [2.05, 4.69) is 5.32 Å². The SMILES string of the molecule is O=C(N[C@@H](CO)C(=O)O)C1COCCO1. The summed E-state index contributed by atoms with van der Waals surface area (Å²) in [5, 5.41) is 19.4. The minimum Gasteiger partial charge on any atom is -0.480 e. The van der Waals surface area contributed by atoms with E-state index in [0.717, 1.165) is 0 Å². The van der Waals surface area contributed by atoms with E-state index in [9.17, 15) is 9.59 Å². The van der Waals surface area contributed by atoms with E-state index in [-0.39, 0.29) is 6.61 Å². The lowest BCUT2D eigenvalue weighted by atomic mass is 10.2. The standard InChI is InChI=1S/C8H13NO6/c10-3-5(8(12)13)9-7(11)6-4-14-1-2-15-6/h5-6,10H,1-4H2,(H,9,11)(H,12,13)/t5-,6?/m0/s1. The second-order valence-corrected chi connectivity index (χ2v) is 3.02. The van der Waals surface area contributed by atoms with Crippen LogP contribution in [-0.2, 0) is 19.1 Å². The number of hydrogen-bond donors (Lipinski definition) is 3. The molecule has 0 aromatic heterocycles. The van der Waals surface area contributed by atoms with Crippen molar-refractivity contribution in [2.75, 3.05) is 26.4 Å². The van der Waals surface area contributed by atoms with Crippen molar-refractivity contribution in [3.05, 3.63) is 0 Å². The maximum Gasteiger partial charge on any atom is 0.328 e. The monoisotopic (exact) mass is 219 g/mol. The van der Waals surface area contributed by atoms with Gasteiger partial charge in [0.05, 0.1) is 26.4 Å². The molecule has 1 rings (SSSR count). The van der Waals surface area contributed by atoms with Crippen molar-refractivity contribution in [2.45, 2.75) is 12.1 Å². The molecule has 0 aromatic carbocycles. The van der Waals surface area contributed by atoms with Crippen LogP contribution in [0.5, 0.6) is 0 Å². The highest BCUT2D eigenvalue weighted by molar-refractivity contribution is 5.86. The van der Waals surface area contributed by atoms with E-state index < -0.39 is 30.6 Å². The Kier molecular flexibility index (Phi) is 4.47. The molecule has 0 spiro atoms. The highest BCUT2D eigenvalue weighted by Gasteiger charge is 2.27. The number of aliphatic hydroxyl groups excluding tert-OH is 1. The number of rotatable bonds is 4. The Labute approximate surface area is 86.0 Å². The number of carbonyl (C=O) groups is 2. The lowest BCUT2D eigenvalue weighted by Crippen LogP contribution is -2.50. The molecule has 1 fully saturated rings. The smallest absolute Gasteiger partial charge is 0.328 e. The summed E-state index contributed by atoms with van der Waals surface area (Å²) in [6.07, 6.45) is -0.799. The van der Waals surface area contributed by atoms with Crippen LogP contribution < -0.4 is 5.32 Å². The zero-order valence-corrected chi connectivity index (χ0v) is 8.01. The third-order valence-electron chi connectivity index (χ3n) is 1.91. The largest absolute Gasteiger partial charge is 0.480 e. The lowest BCUT2D eigenvalue weighted by molar-refractivity contribution is -0.153. The molecule has 1 saturated heterocycles. The molecule has 0 aliphatic carbocycles. The Morgan fingerprint density at radius 3 is 2.67 bits per heavy atom. The zero-order valence-electron chi connectivity index (χ0n) is 8.01. The summed E-state index contributed by atoms with van der Waals surface area (Å²) in [5.74, 6) is -1.88. The average molecular weight is 219 g/mol. The average Bonchev–Trinajstić information content (AvgIpc) is 2.26. The summed E-state index contributed by atoms with van der Waals surface area (Å²) in [6.45, 7) is 0.166. The van der Waals surface area contributed by atoms with Crippen molar-refractivity contribution in [3.8, 4) is 0 Å². The first-order chi connectivity index (χ1) is 7.15. The maximum absolute atomic E-state index is 11.4. The van der Waals surface area contributed by atoms with Crippen molar-refractivity contribution in [2.24, 2.45) is 0 Å². The molecular formula is C8H13NO6. The number of hydrogen-bond acceptors (Lipinski definition) is 5. The topological polar surface area (TPSA) is 105 Å². The predicted octanol–water partition coefficient (Wildman–Crippen LogP) is -2.04. The zero-order chi connectivity index (χ0) is 11.3. The van der Waals surface area contributed by atoms with Gasteiger partial charge in [-0.2, -0.15) is 0 Å². The number of amides is 1. The fraction of sp³-hybridized carbons (Fsp3) is 0.750. The van der Waals surface area contributed by atoms with Crippen LogP contribution >= 0.6 is 0 Å². The molecule has 0 radical (unpaired) electrons. The van der Waals surface area contributed by atoms with Gasteiger partial charge >= 0.3 is 5.97 Å². The van der Waals surface area contributed by atoms with E-state index in [1.807, 2.05) is 0 Å². The van der Waals surface area contributed by atoms with Gasteiger partial charge in [-0.1, -0.05) is 0 Å². The number of carbonyl (C=O) groups excluding carboxylic acids is 1. The second-order valence-electron chi connectivity index (χ2n) is 3.02. The highest BCUT2D eigenvalue weighted by Crippen LogP contribution is 2.01. The summed E-state index contributed by atoms with van der Waals surface area (Å²) < 4.78 is 10.0. The van der Waals surface area contributed by atoms with Crippen LogP contribution in [0.3, 0.4) is 0 Å². The molecule has 15 heavy (non-hydrogen) atoms. The third-order valence-corrected chi connectivity index (χ3v) is 1.91. The lowest BCUT2D eigenvalue weighted by Gasteiger charge is -2.23. The summed E-state index contributed by atoms with van der Waals surface area (Å²) >= 11 is 0. The fourth-order valence-electron chi connectivity index (χ4n) is 1.09. The summed E-state index contributed by atoms with van der Waals surface area (Å²) in [5.41, 5.74) is 0. The van der Waals surface area contributed by atoms with Gasteiger partial charge in [-0.05, 0) is 0 Å². The van der Waals surface area contributed by atoms with Crippen molar-refractivity contribution >= 4 is 11.9 Å². The van der Waals surface area contributed by atoms with Crippen LogP contribution in [-0.4, -0.2) is 60.7 Å². The van der Waals surface area contributed by atoms with Crippen LogP contribution in [0.2, 0.25) is 0 Å². The van der Waals surface area contributed by atoms with Crippen LogP contribution in [0.15, 0.2) is 0 Å². The summed E-state index contributed by atoms with van der Waals surface area (Å²) in [4.78, 5) is 21.9. The third kappa shape index (κ3) is 3.46. The molecule has 1 heterocycles. The van der Waals surface area contributed by atoms with Gasteiger partial charge in [0.25, 0.3) is 5.91 Å². The van der Waals surface area contributed by atoms with Crippen molar-refractivity contribution in [3.63, 3.8) is 0 Å². The van der Waals surface area contributed by atoms with Gasteiger partial charge in [0.1, 0.15) is 6.04 Å². The van der Waals surface area contributed by atoms with Crippen molar-refractivity contribution < 1.29 is 29.3 Å². The Bertz CT molecular complexity index is 237. The second kappa shape index (κ2) is 5.64. The van der Waals surface area contributed by atoms with Gasteiger partial charge in [0.2, 0.25) is 0 Å².